The number of rotatable bonds is 1. The zero-order chi connectivity index (χ0) is 8.81. The second-order valence-corrected chi connectivity index (χ2v) is 2.57. The lowest BCUT2D eigenvalue weighted by molar-refractivity contribution is 0.354. The zero-order valence-electron chi connectivity index (χ0n) is 7.03. The van der Waals surface area contributed by atoms with Crippen LogP contribution in [0.2, 0.25) is 0 Å². The third kappa shape index (κ3) is 2.43. The summed E-state index contributed by atoms with van der Waals surface area (Å²) < 4.78 is 0. The molecule has 1 fully saturated rings. The highest BCUT2D eigenvalue weighted by Crippen LogP contribution is 1.91. The lowest BCUT2D eigenvalue weighted by atomic mass is 10.4. The first kappa shape index (κ1) is 8.86. The van der Waals surface area contributed by atoms with Gasteiger partial charge in [-0.15, -0.1) is 0 Å². The molecule has 1 aliphatic rings. The van der Waals surface area contributed by atoms with Gasteiger partial charge in [0.2, 0.25) is 0 Å². The Bertz CT molecular complexity index is 180. The van der Waals surface area contributed by atoms with Crippen LogP contribution >= 0.6 is 0 Å². The van der Waals surface area contributed by atoms with Gasteiger partial charge in [-0.1, -0.05) is 0 Å². The summed E-state index contributed by atoms with van der Waals surface area (Å²) in [5.74, 6) is 0.540. The second-order valence-electron chi connectivity index (χ2n) is 2.57. The van der Waals surface area contributed by atoms with E-state index in [0.29, 0.717) is 5.96 Å². The Balaban J connectivity index is 2.44. The normalized spacial score (nSPS) is 20.3. The van der Waals surface area contributed by atoms with Gasteiger partial charge in [-0.05, 0) is 0 Å². The van der Waals surface area contributed by atoms with Crippen molar-refractivity contribution in [2.45, 2.75) is 0 Å². The smallest absolute Gasteiger partial charge is 0.196 e. The van der Waals surface area contributed by atoms with Crippen LogP contribution in [0.15, 0.2) is 17.4 Å². The maximum atomic E-state index is 5.68. The first-order chi connectivity index (χ1) is 5.84. The number of guanidine groups is 1. The minimum absolute atomic E-state index is 0.540. The van der Waals surface area contributed by atoms with Crippen molar-refractivity contribution in [3.63, 3.8) is 0 Å². The summed E-state index contributed by atoms with van der Waals surface area (Å²) >= 11 is 0. The minimum Gasteiger partial charge on any atom is -0.403 e. The number of aliphatic imine (C=N–C) groups is 1. The molecular weight excluding hydrogens is 154 g/mol. The highest BCUT2D eigenvalue weighted by Gasteiger charge is 2.10. The van der Waals surface area contributed by atoms with Crippen molar-refractivity contribution >= 4 is 5.96 Å². The minimum atomic E-state index is 0.540. The Morgan fingerprint density at radius 1 is 1.42 bits per heavy atom. The second kappa shape index (κ2) is 4.61. The molecule has 5 heteroatoms. The molecule has 1 heterocycles. The fourth-order valence-corrected chi connectivity index (χ4v) is 1.09. The van der Waals surface area contributed by atoms with Gasteiger partial charge in [-0.25, -0.2) is 4.99 Å². The largest absolute Gasteiger partial charge is 0.403 e. The Kier molecular flexibility index (Phi) is 3.40. The van der Waals surface area contributed by atoms with E-state index in [0.717, 1.165) is 26.2 Å². The third-order valence-corrected chi connectivity index (χ3v) is 1.73. The Labute approximate surface area is 72.1 Å². The summed E-state index contributed by atoms with van der Waals surface area (Å²) in [4.78, 5) is 5.98. The number of nitrogens with two attached hydrogens (primary N) is 2. The van der Waals surface area contributed by atoms with Crippen molar-refractivity contribution in [2.24, 2.45) is 16.5 Å². The molecule has 0 saturated carbocycles. The van der Waals surface area contributed by atoms with Crippen LogP contribution in [0, 0.1) is 0 Å². The molecule has 0 aliphatic carbocycles. The summed E-state index contributed by atoms with van der Waals surface area (Å²) in [6.45, 7) is 3.74. The quantitative estimate of drug-likeness (QED) is 0.334. The molecule has 12 heavy (non-hydrogen) atoms. The number of nitrogens with zero attached hydrogens (tertiary/aromatic N) is 2. The van der Waals surface area contributed by atoms with Crippen LogP contribution in [-0.4, -0.2) is 37.0 Å². The van der Waals surface area contributed by atoms with E-state index in [9.17, 15) is 0 Å². The van der Waals surface area contributed by atoms with Crippen LogP contribution in [0.3, 0.4) is 0 Å². The van der Waals surface area contributed by atoms with Crippen molar-refractivity contribution in [2.75, 3.05) is 26.2 Å². The van der Waals surface area contributed by atoms with Gasteiger partial charge in [-0.2, -0.15) is 0 Å². The molecular formula is C7H15N5. The van der Waals surface area contributed by atoms with E-state index in [2.05, 4.69) is 10.3 Å². The molecule has 0 amide bonds. The highest BCUT2D eigenvalue weighted by molar-refractivity contribution is 5.78. The lowest BCUT2D eigenvalue weighted by Crippen LogP contribution is -2.49. The Morgan fingerprint density at radius 2 is 2.08 bits per heavy atom. The van der Waals surface area contributed by atoms with Gasteiger partial charge in [0.05, 0.1) is 0 Å². The van der Waals surface area contributed by atoms with Crippen molar-refractivity contribution in [1.29, 1.82) is 0 Å². The van der Waals surface area contributed by atoms with Crippen LogP contribution in [0.25, 0.3) is 0 Å². The van der Waals surface area contributed by atoms with Gasteiger partial charge in [0.25, 0.3) is 0 Å². The van der Waals surface area contributed by atoms with E-state index in [-0.39, 0.29) is 0 Å². The molecule has 1 saturated heterocycles. The zero-order valence-corrected chi connectivity index (χ0v) is 7.03. The van der Waals surface area contributed by atoms with Crippen LogP contribution in [0.1, 0.15) is 0 Å². The van der Waals surface area contributed by atoms with E-state index < -0.39 is 0 Å². The van der Waals surface area contributed by atoms with Gasteiger partial charge in [0, 0.05) is 38.6 Å². The highest BCUT2D eigenvalue weighted by atomic mass is 15.3. The van der Waals surface area contributed by atoms with Crippen molar-refractivity contribution in [1.82, 2.24) is 10.2 Å². The Hall–Kier alpha value is -1.23. The molecule has 0 spiro atoms. The molecule has 1 aliphatic heterocycles. The maximum absolute atomic E-state index is 5.68. The molecule has 0 unspecified atom stereocenters. The summed E-state index contributed by atoms with van der Waals surface area (Å²) in [5.41, 5.74) is 10.8. The molecule has 0 aromatic carbocycles. The monoisotopic (exact) mass is 169 g/mol. The van der Waals surface area contributed by atoms with Crippen LogP contribution < -0.4 is 16.8 Å². The van der Waals surface area contributed by atoms with Crippen molar-refractivity contribution in [3.8, 4) is 0 Å². The number of nitrogens with one attached hydrogen (secondary N) is 1. The molecule has 0 aromatic rings. The molecule has 0 aromatic heterocycles. The summed E-state index contributed by atoms with van der Waals surface area (Å²) in [6, 6.07) is 0. The van der Waals surface area contributed by atoms with E-state index in [4.69, 9.17) is 11.5 Å². The van der Waals surface area contributed by atoms with Crippen LogP contribution in [0.4, 0.5) is 0 Å². The predicted molar refractivity (Wildman–Crippen MR) is 49.4 cm³/mol. The van der Waals surface area contributed by atoms with E-state index in [1.165, 1.54) is 12.4 Å². The SMILES string of the molecule is N/C=C\N=C(N)N1CCNCC1. The first-order valence-electron chi connectivity index (χ1n) is 4.00. The van der Waals surface area contributed by atoms with Crippen LogP contribution in [-0.2, 0) is 0 Å². The molecule has 5 nitrogen and oxygen atoms in total. The van der Waals surface area contributed by atoms with Crippen LogP contribution in [0.5, 0.6) is 0 Å². The van der Waals surface area contributed by atoms with Gasteiger partial charge >= 0.3 is 0 Å². The van der Waals surface area contributed by atoms with Gasteiger partial charge in [0.1, 0.15) is 0 Å². The molecule has 0 atom stereocenters. The van der Waals surface area contributed by atoms with Gasteiger partial charge in [-0.3, -0.25) is 0 Å². The van der Waals surface area contributed by atoms with Gasteiger partial charge < -0.3 is 21.7 Å². The number of hydrogen-bond donors (Lipinski definition) is 3. The van der Waals surface area contributed by atoms with E-state index in [1.54, 1.807) is 0 Å². The van der Waals surface area contributed by atoms with Crippen molar-refractivity contribution in [3.05, 3.63) is 12.4 Å². The molecule has 0 radical (unpaired) electrons. The van der Waals surface area contributed by atoms with Crippen molar-refractivity contribution < 1.29 is 0 Å². The Morgan fingerprint density at radius 3 is 2.67 bits per heavy atom. The van der Waals surface area contributed by atoms with E-state index >= 15 is 0 Å². The fourth-order valence-electron chi connectivity index (χ4n) is 1.09. The summed E-state index contributed by atoms with van der Waals surface area (Å²) in [6.07, 6.45) is 2.87. The average molecular weight is 169 g/mol. The summed E-state index contributed by atoms with van der Waals surface area (Å²) in [7, 11) is 0. The maximum Gasteiger partial charge on any atom is 0.196 e. The fraction of sp³-hybridized carbons (Fsp3) is 0.571. The predicted octanol–water partition coefficient (Wildman–Crippen LogP) is -1.36. The topological polar surface area (TPSA) is 79.7 Å². The molecule has 68 valence electrons. The standard InChI is InChI=1S/C7H15N5/c8-1-2-11-7(9)12-5-3-10-4-6-12/h1-2,10H,3-6,8H2,(H2,9,11)/b2-1-. The third-order valence-electron chi connectivity index (χ3n) is 1.73. The number of hydrogen-bond acceptors (Lipinski definition) is 3. The number of piperazine rings is 1. The van der Waals surface area contributed by atoms with E-state index in [1.807, 2.05) is 4.90 Å². The molecule has 5 N–H and O–H groups in total. The first-order valence-corrected chi connectivity index (χ1v) is 4.00. The van der Waals surface area contributed by atoms with Gasteiger partial charge in [0.15, 0.2) is 5.96 Å². The lowest BCUT2D eigenvalue weighted by Gasteiger charge is -2.27. The summed E-state index contributed by atoms with van der Waals surface area (Å²) in [5, 5.41) is 3.23. The molecule has 0 bridgehead atoms. The molecule has 1 rings (SSSR count). The average Bonchev–Trinajstić information content (AvgIpc) is 2.15.